The molecule has 0 bridgehead atoms. The topological polar surface area (TPSA) is 38.9 Å². The molecule has 0 aliphatic heterocycles. The standard InChI is InChI=1S/C9H12N2/c1-6-2-7-3-8(10)4-9(7)11-5-6/h2,5,8H,3-4,10H2,1H3. The molecule has 0 amide bonds. The third-order valence-corrected chi connectivity index (χ3v) is 2.13. The SMILES string of the molecule is Cc1cnc2c(c1)CC(N)C2. The van der Waals surface area contributed by atoms with Crippen molar-refractivity contribution in [2.24, 2.45) is 5.73 Å². The van der Waals surface area contributed by atoms with Gasteiger partial charge >= 0.3 is 0 Å². The van der Waals surface area contributed by atoms with Crippen LogP contribution in [-0.4, -0.2) is 11.0 Å². The van der Waals surface area contributed by atoms with E-state index in [1.807, 2.05) is 6.20 Å². The minimum absolute atomic E-state index is 0.305. The Kier molecular flexibility index (Phi) is 1.43. The van der Waals surface area contributed by atoms with Crippen molar-refractivity contribution in [2.75, 3.05) is 0 Å². The average molecular weight is 148 g/mol. The summed E-state index contributed by atoms with van der Waals surface area (Å²) < 4.78 is 0. The van der Waals surface area contributed by atoms with Crippen LogP contribution in [-0.2, 0) is 12.8 Å². The van der Waals surface area contributed by atoms with Crippen molar-refractivity contribution in [3.8, 4) is 0 Å². The van der Waals surface area contributed by atoms with Gasteiger partial charge < -0.3 is 5.73 Å². The van der Waals surface area contributed by atoms with Crippen molar-refractivity contribution in [2.45, 2.75) is 25.8 Å². The lowest BCUT2D eigenvalue weighted by molar-refractivity contribution is 0.716. The number of aromatic nitrogens is 1. The fourth-order valence-corrected chi connectivity index (χ4v) is 1.62. The molecule has 0 fully saturated rings. The van der Waals surface area contributed by atoms with Crippen LogP contribution in [0.1, 0.15) is 16.8 Å². The first-order valence-corrected chi connectivity index (χ1v) is 3.95. The first-order valence-electron chi connectivity index (χ1n) is 3.95. The fraction of sp³-hybridized carbons (Fsp3) is 0.444. The van der Waals surface area contributed by atoms with Crippen molar-refractivity contribution in [1.29, 1.82) is 0 Å². The first kappa shape index (κ1) is 6.80. The van der Waals surface area contributed by atoms with Gasteiger partial charge in [-0.2, -0.15) is 0 Å². The highest BCUT2D eigenvalue weighted by atomic mass is 14.7. The second kappa shape index (κ2) is 2.31. The van der Waals surface area contributed by atoms with Crippen molar-refractivity contribution >= 4 is 0 Å². The van der Waals surface area contributed by atoms with Crippen LogP contribution in [0.3, 0.4) is 0 Å². The van der Waals surface area contributed by atoms with Gasteiger partial charge in [0.15, 0.2) is 0 Å². The van der Waals surface area contributed by atoms with Crippen LogP contribution in [0.25, 0.3) is 0 Å². The van der Waals surface area contributed by atoms with E-state index in [-0.39, 0.29) is 0 Å². The molecule has 2 heteroatoms. The van der Waals surface area contributed by atoms with E-state index in [0.717, 1.165) is 12.8 Å². The monoisotopic (exact) mass is 148 g/mol. The number of fused-ring (bicyclic) bond motifs is 1. The molecule has 0 radical (unpaired) electrons. The van der Waals surface area contributed by atoms with Crippen molar-refractivity contribution < 1.29 is 0 Å². The second-order valence-corrected chi connectivity index (χ2v) is 3.29. The maximum absolute atomic E-state index is 5.80. The Morgan fingerprint density at radius 3 is 3.18 bits per heavy atom. The Bertz CT molecular complexity index is 281. The van der Waals surface area contributed by atoms with Gasteiger partial charge in [-0.3, -0.25) is 4.98 Å². The Hall–Kier alpha value is -0.890. The maximum Gasteiger partial charge on any atom is 0.0451 e. The number of nitrogens with two attached hydrogens (primary N) is 1. The molecular formula is C9H12N2. The number of aryl methyl sites for hydroxylation is 1. The second-order valence-electron chi connectivity index (χ2n) is 3.29. The summed E-state index contributed by atoms with van der Waals surface area (Å²) in [6.07, 6.45) is 3.87. The first-order chi connectivity index (χ1) is 5.25. The van der Waals surface area contributed by atoms with Crippen LogP contribution >= 0.6 is 0 Å². The van der Waals surface area contributed by atoms with Gasteiger partial charge in [0.25, 0.3) is 0 Å². The van der Waals surface area contributed by atoms with Gasteiger partial charge in [-0.1, -0.05) is 6.07 Å². The van der Waals surface area contributed by atoms with E-state index in [1.165, 1.54) is 16.8 Å². The summed E-state index contributed by atoms with van der Waals surface area (Å²) in [5.41, 5.74) is 9.57. The Morgan fingerprint density at radius 1 is 1.55 bits per heavy atom. The predicted octanol–water partition coefficient (Wildman–Crippen LogP) is 0.816. The third kappa shape index (κ3) is 1.14. The lowest BCUT2D eigenvalue weighted by atomic mass is 10.2. The smallest absolute Gasteiger partial charge is 0.0451 e. The quantitative estimate of drug-likeness (QED) is 0.591. The average Bonchev–Trinajstić information content (AvgIpc) is 2.27. The van der Waals surface area contributed by atoms with Gasteiger partial charge in [-0.15, -0.1) is 0 Å². The number of hydrogen-bond acceptors (Lipinski definition) is 2. The molecule has 1 unspecified atom stereocenters. The number of nitrogens with zero attached hydrogens (tertiary/aromatic N) is 1. The van der Waals surface area contributed by atoms with Crippen LogP contribution in [0.5, 0.6) is 0 Å². The molecule has 2 nitrogen and oxygen atoms in total. The summed E-state index contributed by atoms with van der Waals surface area (Å²) in [6, 6.07) is 2.49. The molecule has 58 valence electrons. The Morgan fingerprint density at radius 2 is 2.36 bits per heavy atom. The molecule has 1 atom stereocenters. The number of pyridine rings is 1. The highest BCUT2D eigenvalue weighted by molar-refractivity contribution is 5.30. The summed E-state index contributed by atoms with van der Waals surface area (Å²) in [4.78, 5) is 4.33. The Labute approximate surface area is 66.4 Å². The number of rotatable bonds is 0. The summed E-state index contributed by atoms with van der Waals surface area (Å²) >= 11 is 0. The zero-order valence-corrected chi connectivity index (χ0v) is 6.67. The molecule has 0 aromatic carbocycles. The highest BCUT2D eigenvalue weighted by Crippen LogP contribution is 2.19. The lowest BCUT2D eigenvalue weighted by Gasteiger charge is -1.96. The van der Waals surface area contributed by atoms with Gasteiger partial charge in [0.1, 0.15) is 0 Å². The normalized spacial score (nSPS) is 21.8. The van der Waals surface area contributed by atoms with E-state index in [4.69, 9.17) is 5.73 Å². The van der Waals surface area contributed by atoms with Crippen LogP contribution in [0, 0.1) is 6.92 Å². The minimum atomic E-state index is 0.305. The molecule has 1 aliphatic rings. The van der Waals surface area contributed by atoms with Crippen LogP contribution in [0.4, 0.5) is 0 Å². The number of hydrogen-bond donors (Lipinski definition) is 1. The van der Waals surface area contributed by atoms with Crippen LogP contribution in [0.15, 0.2) is 12.3 Å². The summed E-state index contributed by atoms with van der Waals surface area (Å²) in [6.45, 7) is 2.07. The maximum atomic E-state index is 5.80. The zero-order valence-electron chi connectivity index (χ0n) is 6.67. The largest absolute Gasteiger partial charge is 0.327 e. The summed E-state index contributed by atoms with van der Waals surface area (Å²) in [7, 11) is 0. The molecule has 2 rings (SSSR count). The van der Waals surface area contributed by atoms with Gasteiger partial charge in [0.2, 0.25) is 0 Å². The van der Waals surface area contributed by atoms with E-state index in [0.29, 0.717) is 6.04 Å². The van der Waals surface area contributed by atoms with E-state index in [2.05, 4.69) is 18.0 Å². The molecule has 0 saturated heterocycles. The van der Waals surface area contributed by atoms with E-state index >= 15 is 0 Å². The van der Waals surface area contributed by atoms with Crippen LogP contribution < -0.4 is 5.73 Å². The van der Waals surface area contributed by atoms with Gasteiger partial charge in [-0.25, -0.2) is 0 Å². The van der Waals surface area contributed by atoms with Crippen molar-refractivity contribution in [3.05, 3.63) is 29.1 Å². The molecule has 1 heterocycles. The van der Waals surface area contributed by atoms with Crippen LogP contribution in [0.2, 0.25) is 0 Å². The molecule has 1 aromatic rings. The molecule has 2 N–H and O–H groups in total. The Balaban J connectivity index is 2.43. The highest BCUT2D eigenvalue weighted by Gasteiger charge is 2.18. The lowest BCUT2D eigenvalue weighted by Crippen LogP contribution is -2.19. The van der Waals surface area contributed by atoms with Crippen molar-refractivity contribution in [3.63, 3.8) is 0 Å². The molecule has 11 heavy (non-hydrogen) atoms. The van der Waals surface area contributed by atoms with E-state index in [1.54, 1.807) is 0 Å². The van der Waals surface area contributed by atoms with Gasteiger partial charge in [0, 0.05) is 24.4 Å². The van der Waals surface area contributed by atoms with Gasteiger partial charge in [0.05, 0.1) is 0 Å². The van der Waals surface area contributed by atoms with E-state index < -0.39 is 0 Å². The van der Waals surface area contributed by atoms with E-state index in [9.17, 15) is 0 Å². The minimum Gasteiger partial charge on any atom is -0.327 e. The molecular weight excluding hydrogens is 136 g/mol. The predicted molar refractivity (Wildman–Crippen MR) is 44.4 cm³/mol. The summed E-state index contributed by atoms with van der Waals surface area (Å²) in [5, 5.41) is 0. The van der Waals surface area contributed by atoms with Crippen molar-refractivity contribution in [1.82, 2.24) is 4.98 Å². The molecule has 0 spiro atoms. The van der Waals surface area contributed by atoms with Gasteiger partial charge in [-0.05, 0) is 24.5 Å². The zero-order chi connectivity index (χ0) is 7.84. The summed E-state index contributed by atoms with van der Waals surface area (Å²) in [5.74, 6) is 0. The fourth-order valence-electron chi connectivity index (χ4n) is 1.62. The molecule has 1 aromatic heterocycles. The molecule has 1 aliphatic carbocycles. The molecule has 0 saturated carbocycles. The third-order valence-electron chi connectivity index (χ3n) is 2.13.